The number of carbonyl (C=O) groups excluding carboxylic acids is 1. The average molecular weight is 376 g/mol. The van der Waals surface area contributed by atoms with E-state index in [1.54, 1.807) is 7.11 Å². The highest BCUT2D eigenvalue weighted by atomic mass is 16.5. The molecule has 1 aromatic rings. The Balaban J connectivity index is 1.71. The van der Waals surface area contributed by atoms with Crippen molar-refractivity contribution in [1.29, 1.82) is 0 Å². The zero-order valence-corrected chi connectivity index (χ0v) is 16.7. The molecule has 2 atom stereocenters. The van der Waals surface area contributed by atoms with E-state index in [0.29, 0.717) is 32.4 Å². The highest BCUT2D eigenvalue weighted by Gasteiger charge is 2.40. The Bertz CT molecular complexity index is 627. The first kappa shape index (κ1) is 20.1. The number of hydrogen-bond donors (Lipinski definition) is 1. The van der Waals surface area contributed by atoms with Gasteiger partial charge in [-0.15, -0.1) is 0 Å². The lowest BCUT2D eigenvalue weighted by Crippen LogP contribution is -2.50. The second-order valence-corrected chi connectivity index (χ2v) is 7.44. The summed E-state index contributed by atoms with van der Waals surface area (Å²) in [5.41, 5.74) is 2.21. The van der Waals surface area contributed by atoms with E-state index in [1.807, 2.05) is 11.8 Å². The third kappa shape index (κ3) is 5.21. The summed E-state index contributed by atoms with van der Waals surface area (Å²) in [5.74, 6) is 0.981. The highest BCUT2D eigenvalue weighted by Crippen LogP contribution is 2.36. The van der Waals surface area contributed by atoms with Crippen molar-refractivity contribution in [3.05, 3.63) is 29.3 Å². The van der Waals surface area contributed by atoms with Crippen LogP contribution in [0.1, 0.15) is 43.4 Å². The molecule has 1 N–H and O–H groups in total. The molecule has 150 valence electrons. The van der Waals surface area contributed by atoms with Gasteiger partial charge in [0, 0.05) is 39.3 Å². The van der Waals surface area contributed by atoms with E-state index in [4.69, 9.17) is 14.2 Å². The van der Waals surface area contributed by atoms with Crippen molar-refractivity contribution < 1.29 is 19.0 Å². The van der Waals surface area contributed by atoms with E-state index < -0.39 is 0 Å². The van der Waals surface area contributed by atoms with Crippen LogP contribution < -0.4 is 10.1 Å². The van der Waals surface area contributed by atoms with Crippen molar-refractivity contribution in [3.63, 3.8) is 0 Å². The number of benzene rings is 1. The molecule has 1 aromatic carbocycles. The minimum atomic E-state index is -0.378. The Labute approximate surface area is 162 Å². The maximum Gasteiger partial charge on any atom is 0.253 e. The summed E-state index contributed by atoms with van der Waals surface area (Å²) in [6.45, 7) is 7.46. The first-order valence-corrected chi connectivity index (χ1v) is 9.98. The molecule has 1 saturated heterocycles. The number of amides is 1. The molecule has 6 nitrogen and oxygen atoms in total. The molecule has 1 aliphatic heterocycles. The predicted octanol–water partition coefficient (Wildman–Crippen LogP) is 2.45. The molecule has 0 aromatic heterocycles. The Morgan fingerprint density at radius 1 is 1.37 bits per heavy atom. The fourth-order valence-corrected chi connectivity index (χ4v) is 3.51. The number of carbonyl (C=O) groups is 1. The molecule has 0 spiro atoms. The van der Waals surface area contributed by atoms with Crippen LogP contribution in [0.4, 0.5) is 0 Å². The smallest absolute Gasteiger partial charge is 0.253 e. The molecule has 0 radical (unpaired) electrons. The Hall–Kier alpha value is -1.63. The number of nitrogens with one attached hydrogen (secondary N) is 1. The minimum Gasteiger partial charge on any atom is -0.493 e. The van der Waals surface area contributed by atoms with Crippen molar-refractivity contribution in [2.45, 2.75) is 51.3 Å². The molecule has 2 aliphatic rings. The number of methoxy groups -OCH3 is 1. The SMILES string of the molecule is COCCCOc1cc([C@@H](C)N(C(=O)[C@H]2CNCCO2)C2CC2)ccc1C. The average Bonchev–Trinajstić information content (AvgIpc) is 3.52. The van der Waals surface area contributed by atoms with E-state index in [2.05, 4.69) is 30.4 Å². The standard InChI is InChI=1S/C21H32N2O4/c1-15-5-6-17(13-19(15)26-11-4-10-25-3)16(2)23(18-7-8-18)21(24)20-14-22-9-12-27-20/h5-6,13,16,18,20,22H,4,7-12,14H2,1-3H3/t16-,20-/m1/s1. The number of hydrogen-bond acceptors (Lipinski definition) is 5. The lowest BCUT2D eigenvalue weighted by molar-refractivity contribution is -0.148. The third-order valence-electron chi connectivity index (χ3n) is 5.26. The van der Waals surface area contributed by atoms with E-state index in [0.717, 1.165) is 42.7 Å². The highest BCUT2D eigenvalue weighted by molar-refractivity contribution is 5.82. The second kappa shape index (κ2) is 9.53. The quantitative estimate of drug-likeness (QED) is 0.671. The van der Waals surface area contributed by atoms with Crippen LogP contribution in [0.5, 0.6) is 5.75 Å². The van der Waals surface area contributed by atoms with Gasteiger partial charge in [-0.05, 0) is 43.9 Å². The summed E-state index contributed by atoms with van der Waals surface area (Å²) >= 11 is 0. The van der Waals surface area contributed by atoms with Gasteiger partial charge in [-0.2, -0.15) is 0 Å². The first-order chi connectivity index (χ1) is 13.1. The topological polar surface area (TPSA) is 60.0 Å². The van der Waals surface area contributed by atoms with Crippen molar-refractivity contribution >= 4 is 5.91 Å². The van der Waals surface area contributed by atoms with E-state index in [9.17, 15) is 4.79 Å². The molecule has 0 bridgehead atoms. The lowest BCUT2D eigenvalue weighted by Gasteiger charge is -2.34. The fourth-order valence-electron chi connectivity index (χ4n) is 3.51. The fraction of sp³-hybridized carbons (Fsp3) is 0.667. The van der Waals surface area contributed by atoms with Crippen molar-refractivity contribution in [2.24, 2.45) is 0 Å². The normalized spacial score (nSPS) is 20.9. The van der Waals surface area contributed by atoms with E-state index in [1.165, 1.54) is 0 Å². The van der Waals surface area contributed by atoms with Crippen LogP contribution >= 0.6 is 0 Å². The Morgan fingerprint density at radius 3 is 2.85 bits per heavy atom. The number of nitrogens with zero attached hydrogens (tertiary/aromatic N) is 1. The number of ether oxygens (including phenoxy) is 3. The number of morpholine rings is 1. The maximum absolute atomic E-state index is 13.1. The second-order valence-electron chi connectivity index (χ2n) is 7.44. The van der Waals surface area contributed by atoms with Gasteiger partial charge in [0.05, 0.1) is 19.3 Å². The molecule has 0 unspecified atom stereocenters. The van der Waals surface area contributed by atoms with Crippen LogP contribution in [0.2, 0.25) is 0 Å². The van der Waals surface area contributed by atoms with Crippen molar-refractivity contribution in [3.8, 4) is 5.75 Å². The van der Waals surface area contributed by atoms with Crippen molar-refractivity contribution in [1.82, 2.24) is 10.2 Å². The van der Waals surface area contributed by atoms with Crippen LogP contribution in [-0.2, 0) is 14.3 Å². The summed E-state index contributed by atoms with van der Waals surface area (Å²) in [5, 5.41) is 3.26. The molecule has 3 rings (SSSR count). The molecule has 1 saturated carbocycles. The van der Waals surface area contributed by atoms with Crippen LogP contribution in [0.3, 0.4) is 0 Å². The van der Waals surface area contributed by atoms with Gasteiger partial charge in [-0.3, -0.25) is 4.79 Å². The predicted molar refractivity (Wildman–Crippen MR) is 104 cm³/mol. The summed E-state index contributed by atoms with van der Waals surface area (Å²) in [6, 6.07) is 6.58. The first-order valence-electron chi connectivity index (χ1n) is 9.98. The van der Waals surface area contributed by atoms with Gasteiger partial charge >= 0.3 is 0 Å². The maximum atomic E-state index is 13.1. The minimum absolute atomic E-state index is 0.00236. The van der Waals surface area contributed by atoms with E-state index in [-0.39, 0.29) is 18.1 Å². The molecule has 1 amide bonds. The van der Waals surface area contributed by atoms with Crippen LogP contribution in [0.15, 0.2) is 18.2 Å². The molecule has 27 heavy (non-hydrogen) atoms. The van der Waals surface area contributed by atoms with Crippen LogP contribution in [0.25, 0.3) is 0 Å². The zero-order chi connectivity index (χ0) is 19.2. The summed E-state index contributed by atoms with van der Waals surface area (Å²) < 4.78 is 16.7. The summed E-state index contributed by atoms with van der Waals surface area (Å²) in [6.07, 6.45) is 2.62. The largest absolute Gasteiger partial charge is 0.493 e. The summed E-state index contributed by atoms with van der Waals surface area (Å²) in [7, 11) is 1.70. The van der Waals surface area contributed by atoms with Gasteiger partial charge in [0.2, 0.25) is 0 Å². The van der Waals surface area contributed by atoms with Crippen LogP contribution in [0, 0.1) is 6.92 Å². The molecule has 1 aliphatic carbocycles. The van der Waals surface area contributed by atoms with Gasteiger partial charge in [-0.25, -0.2) is 0 Å². The Kier molecular flexibility index (Phi) is 7.10. The third-order valence-corrected chi connectivity index (χ3v) is 5.26. The number of aryl methyl sites for hydroxylation is 1. The van der Waals surface area contributed by atoms with Gasteiger partial charge in [0.25, 0.3) is 5.91 Å². The lowest BCUT2D eigenvalue weighted by atomic mass is 10.0. The van der Waals surface area contributed by atoms with Gasteiger partial charge in [-0.1, -0.05) is 12.1 Å². The molecule has 6 heteroatoms. The number of rotatable bonds is 9. The molecular weight excluding hydrogens is 344 g/mol. The van der Waals surface area contributed by atoms with Gasteiger partial charge in [0.15, 0.2) is 0 Å². The van der Waals surface area contributed by atoms with Gasteiger partial charge in [0.1, 0.15) is 11.9 Å². The molecular formula is C21H32N2O4. The summed E-state index contributed by atoms with van der Waals surface area (Å²) in [4.78, 5) is 15.1. The van der Waals surface area contributed by atoms with Crippen LogP contribution in [-0.4, -0.2) is 63.0 Å². The monoisotopic (exact) mass is 376 g/mol. The molecule has 2 fully saturated rings. The van der Waals surface area contributed by atoms with Crippen molar-refractivity contribution in [2.75, 3.05) is 40.0 Å². The van der Waals surface area contributed by atoms with E-state index >= 15 is 0 Å². The zero-order valence-electron chi connectivity index (χ0n) is 16.7. The Morgan fingerprint density at radius 2 is 2.19 bits per heavy atom. The molecule has 1 heterocycles. The van der Waals surface area contributed by atoms with Gasteiger partial charge < -0.3 is 24.4 Å².